The zero-order valence-corrected chi connectivity index (χ0v) is 15.7. The van der Waals surface area contributed by atoms with Gasteiger partial charge in [-0.2, -0.15) is 0 Å². The molecule has 136 valence electrons. The summed E-state index contributed by atoms with van der Waals surface area (Å²) in [6, 6.07) is 10.5. The summed E-state index contributed by atoms with van der Waals surface area (Å²) in [5, 5.41) is 9.39. The molecule has 0 aliphatic heterocycles. The molecule has 0 radical (unpaired) electrons. The first-order valence-corrected chi connectivity index (χ1v) is 9.11. The van der Waals surface area contributed by atoms with Crippen molar-refractivity contribution < 1.29 is 19.4 Å². The van der Waals surface area contributed by atoms with Crippen molar-refractivity contribution in [1.29, 1.82) is 0 Å². The minimum absolute atomic E-state index is 0.142. The van der Waals surface area contributed by atoms with Gasteiger partial charge in [0, 0.05) is 11.1 Å². The number of ether oxygens (including phenoxy) is 1. The van der Waals surface area contributed by atoms with Crippen LogP contribution in [0, 0.1) is 12.8 Å². The minimum atomic E-state index is -0.806. The Bertz CT molecular complexity index is 863. The maximum Gasteiger partial charge on any atom is 0.306 e. The van der Waals surface area contributed by atoms with Crippen LogP contribution in [0.5, 0.6) is 5.75 Å². The van der Waals surface area contributed by atoms with Crippen LogP contribution < -0.4 is 4.74 Å². The van der Waals surface area contributed by atoms with Gasteiger partial charge in [-0.05, 0) is 44.4 Å². The molecule has 0 spiro atoms. The Kier molecular flexibility index (Phi) is 5.54. The number of aliphatic carboxylic acids is 1. The lowest BCUT2D eigenvalue weighted by atomic mass is 10.0. The molecule has 0 unspecified atom stereocenters. The maximum atomic E-state index is 12.7. The predicted octanol–water partition coefficient (Wildman–Crippen LogP) is 5.16. The summed E-state index contributed by atoms with van der Waals surface area (Å²) in [6.45, 7) is 1.91. The highest BCUT2D eigenvalue weighted by molar-refractivity contribution is 6.45. The molecule has 0 amide bonds. The minimum Gasteiger partial charge on any atom is -0.489 e. The first-order chi connectivity index (χ1) is 12.4. The van der Waals surface area contributed by atoms with Gasteiger partial charge in [0.25, 0.3) is 0 Å². The van der Waals surface area contributed by atoms with Gasteiger partial charge >= 0.3 is 5.97 Å². The highest BCUT2D eigenvalue weighted by Gasteiger charge is 2.31. The average Bonchev–Trinajstić information content (AvgIpc) is 3.07. The summed E-state index contributed by atoms with van der Waals surface area (Å²) >= 11 is 12.6. The third-order valence-corrected chi connectivity index (χ3v) is 5.46. The maximum absolute atomic E-state index is 12.7. The van der Waals surface area contributed by atoms with Crippen LogP contribution in [-0.2, 0) is 4.79 Å². The number of carboxylic acids is 1. The number of carboxylic acid groups (broad SMARTS) is 1. The number of carbonyl (C=O) groups excluding carboxylic acids is 1. The van der Waals surface area contributed by atoms with Gasteiger partial charge in [0.2, 0.25) is 0 Å². The number of rotatable bonds is 5. The normalized spacial score (nSPS) is 19.3. The van der Waals surface area contributed by atoms with Crippen LogP contribution in [0.4, 0.5) is 0 Å². The second kappa shape index (κ2) is 7.68. The highest BCUT2D eigenvalue weighted by Crippen LogP contribution is 2.38. The highest BCUT2D eigenvalue weighted by atomic mass is 35.5. The van der Waals surface area contributed by atoms with E-state index in [0.717, 1.165) is 5.56 Å². The molecule has 2 aromatic carbocycles. The Morgan fingerprint density at radius 1 is 1.12 bits per heavy atom. The first-order valence-electron chi connectivity index (χ1n) is 8.35. The lowest BCUT2D eigenvalue weighted by Gasteiger charge is -2.16. The number of ketones is 1. The third kappa shape index (κ3) is 3.87. The molecule has 0 aromatic heterocycles. The molecule has 2 atom stereocenters. The second-order valence-electron chi connectivity index (χ2n) is 6.53. The molecule has 4 nitrogen and oxygen atoms in total. The second-order valence-corrected chi connectivity index (χ2v) is 7.28. The Labute approximate surface area is 161 Å². The molecule has 1 saturated carbocycles. The lowest BCUT2D eigenvalue weighted by molar-refractivity contribution is -0.141. The van der Waals surface area contributed by atoms with Gasteiger partial charge in [-0.15, -0.1) is 0 Å². The van der Waals surface area contributed by atoms with Gasteiger partial charge in [-0.1, -0.05) is 47.0 Å². The molecule has 3 rings (SSSR count). The molecular weight excluding hydrogens is 375 g/mol. The van der Waals surface area contributed by atoms with E-state index in [1.165, 1.54) is 0 Å². The van der Waals surface area contributed by atoms with Crippen LogP contribution in [0.25, 0.3) is 0 Å². The summed E-state index contributed by atoms with van der Waals surface area (Å²) in [6.07, 6.45) is 1.44. The van der Waals surface area contributed by atoms with E-state index in [-0.39, 0.29) is 21.9 Å². The number of halogens is 2. The van der Waals surface area contributed by atoms with Crippen molar-refractivity contribution >= 4 is 35.0 Å². The van der Waals surface area contributed by atoms with Crippen molar-refractivity contribution in [3.05, 3.63) is 63.1 Å². The zero-order chi connectivity index (χ0) is 18.8. The Balaban J connectivity index is 1.81. The lowest BCUT2D eigenvalue weighted by Crippen LogP contribution is -2.16. The summed E-state index contributed by atoms with van der Waals surface area (Å²) in [4.78, 5) is 23.8. The zero-order valence-electron chi connectivity index (χ0n) is 14.2. The van der Waals surface area contributed by atoms with Crippen LogP contribution in [-0.4, -0.2) is 23.0 Å². The van der Waals surface area contributed by atoms with Crippen molar-refractivity contribution in [2.24, 2.45) is 5.92 Å². The van der Waals surface area contributed by atoms with Crippen LogP contribution in [0.15, 0.2) is 36.4 Å². The fourth-order valence-electron chi connectivity index (χ4n) is 3.19. The largest absolute Gasteiger partial charge is 0.489 e. The Hall–Kier alpha value is -2.04. The Morgan fingerprint density at radius 2 is 1.88 bits per heavy atom. The molecule has 0 saturated heterocycles. The fraction of sp³-hybridized carbons (Fsp3) is 0.300. The number of benzene rings is 2. The summed E-state index contributed by atoms with van der Waals surface area (Å²) < 4.78 is 5.84. The summed E-state index contributed by atoms with van der Waals surface area (Å²) in [5.41, 5.74) is 1.83. The number of carbonyl (C=O) groups is 2. The van der Waals surface area contributed by atoms with Gasteiger partial charge in [0.15, 0.2) is 5.78 Å². The third-order valence-electron chi connectivity index (χ3n) is 4.60. The molecule has 1 aliphatic rings. The monoisotopic (exact) mass is 392 g/mol. The van der Waals surface area contributed by atoms with E-state index in [1.807, 2.05) is 19.1 Å². The van der Waals surface area contributed by atoms with Crippen LogP contribution >= 0.6 is 23.2 Å². The molecular formula is C20H18Cl2O4. The SMILES string of the molecule is Cc1cccc(C(=O)c2ccc(O[C@H]3CC[C@H](C(=O)O)C3)c(Cl)c2Cl)c1. The molecule has 0 bridgehead atoms. The van der Waals surface area contributed by atoms with E-state index in [4.69, 9.17) is 33.0 Å². The number of hydrogen-bond donors (Lipinski definition) is 1. The molecule has 1 aliphatic carbocycles. The average molecular weight is 393 g/mol. The van der Waals surface area contributed by atoms with Crippen LogP contribution in [0.1, 0.15) is 40.7 Å². The van der Waals surface area contributed by atoms with E-state index in [1.54, 1.807) is 24.3 Å². The van der Waals surface area contributed by atoms with Crippen LogP contribution in [0.3, 0.4) is 0 Å². The quantitative estimate of drug-likeness (QED) is 0.713. The van der Waals surface area contributed by atoms with Crippen molar-refractivity contribution in [2.75, 3.05) is 0 Å². The van der Waals surface area contributed by atoms with Gasteiger partial charge in [-0.25, -0.2) is 0 Å². The molecule has 1 N–H and O–H groups in total. The summed E-state index contributed by atoms with van der Waals surface area (Å²) in [5.74, 6) is -1.04. The molecule has 26 heavy (non-hydrogen) atoms. The van der Waals surface area contributed by atoms with Gasteiger partial charge < -0.3 is 9.84 Å². The molecule has 0 heterocycles. The van der Waals surface area contributed by atoms with Gasteiger partial charge in [0.1, 0.15) is 10.8 Å². The smallest absolute Gasteiger partial charge is 0.306 e. The number of aryl methyl sites for hydroxylation is 1. The fourth-order valence-corrected chi connectivity index (χ4v) is 3.64. The molecule has 1 fully saturated rings. The molecule has 2 aromatic rings. The van der Waals surface area contributed by atoms with Gasteiger partial charge in [-0.3, -0.25) is 9.59 Å². The number of hydrogen-bond acceptors (Lipinski definition) is 3. The van der Waals surface area contributed by atoms with Crippen molar-refractivity contribution in [3.8, 4) is 5.75 Å². The Morgan fingerprint density at radius 3 is 2.54 bits per heavy atom. The van der Waals surface area contributed by atoms with Crippen molar-refractivity contribution in [2.45, 2.75) is 32.3 Å². The van der Waals surface area contributed by atoms with E-state index < -0.39 is 11.9 Å². The van der Waals surface area contributed by atoms with Crippen molar-refractivity contribution in [1.82, 2.24) is 0 Å². The van der Waals surface area contributed by atoms with E-state index in [0.29, 0.717) is 36.1 Å². The van der Waals surface area contributed by atoms with Crippen molar-refractivity contribution in [3.63, 3.8) is 0 Å². The van der Waals surface area contributed by atoms with E-state index >= 15 is 0 Å². The topological polar surface area (TPSA) is 63.6 Å². The van der Waals surface area contributed by atoms with E-state index in [9.17, 15) is 9.59 Å². The standard InChI is InChI=1S/C20H18Cl2O4/c1-11-3-2-4-12(9-11)19(23)15-7-8-16(18(22)17(15)21)26-14-6-5-13(10-14)20(24)25/h2-4,7-9,13-14H,5-6,10H2,1H3,(H,24,25)/t13-,14-/m0/s1. The van der Waals surface area contributed by atoms with Gasteiger partial charge in [0.05, 0.1) is 17.0 Å². The van der Waals surface area contributed by atoms with E-state index in [2.05, 4.69) is 0 Å². The summed E-state index contributed by atoms with van der Waals surface area (Å²) in [7, 11) is 0. The van der Waals surface area contributed by atoms with Crippen LogP contribution in [0.2, 0.25) is 10.0 Å². The molecule has 6 heteroatoms. The predicted molar refractivity (Wildman–Crippen MR) is 100 cm³/mol. The first kappa shape index (κ1) is 18.7.